The Balaban J connectivity index is 2.89. The molecule has 1 nitrogen and oxygen atoms in total. The van der Waals surface area contributed by atoms with E-state index in [0.29, 0.717) is 0 Å². The molecule has 0 saturated heterocycles. The topological polar surface area (TPSA) is 26.0 Å². The van der Waals surface area contributed by atoms with Crippen molar-refractivity contribution in [2.75, 3.05) is 6.54 Å². The average Bonchev–Trinajstić information content (AvgIpc) is 1.97. The van der Waals surface area contributed by atoms with Crippen LogP contribution in [0.2, 0.25) is 0 Å². The van der Waals surface area contributed by atoms with E-state index in [0.717, 1.165) is 19.4 Å². The van der Waals surface area contributed by atoms with E-state index in [4.69, 9.17) is 5.73 Å². The fourth-order valence-corrected chi connectivity index (χ4v) is 0.793. The van der Waals surface area contributed by atoms with Crippen LogP contribution in [-0.2, 0) is 0 Å². The van der Waals surface area contributed by atoms with Gasteiger partial charge in [0, 0.05) is 0 Å². The summed E-state index contributed by atoms with van der Waals surface area (Å²) in [5, 5.41) is 0. The molecule has 0 atom stereocenters. The van der Waals surface area contributed by atoms with Gasteiger partial charge >= 0.3 is 0 Å². The van der Waals surface area contributed by atoms with Crippen LogP contribution in [0.15, 0.2) is 12.2 Å². The van der Waals surface area contributed by atoms with Gasteiger partial charge in [-0.15, -0.1) is 0 Å². The molecule has 0 heterocycles. The molecule has 1 heteroatoms. The van der Waals surface area contributed by atoms with Crippen molar-refractivity contribution < 1.29 is 0 Å². The number of hydrogen-bond acceptors (Lipinski definition) is 1. The van der Waals surface area contributed by atoms with Gasteiger partial charge in [-0.25, -0.2) is 0 Å². The molecule has 0 aliphatic carbocycles. The smallest absolute Gasteiger partial charge is 0.00743 e. The summed E-state index contributed by atoms with van der Waals surface area (Å²) in [5.41, 5.74) is 5.34. The van der Waals surface area contributed by atoms with Gasteiger partial charge in [-0.1, -0.05) is 31.9 Å². The lowest BCUT2D eigenvalue weighted by atomic mass is 10.2. The zero-order chi connectivity index (χ0) is 7.66. The lowest BCUT2D eigenvalue weighted by Crippen LogP contribution is -1.96. The SMILES string of the molecule is CCCC/C=C\CCCN. The number of hydrogen-bond donors (Lipinski definition) is 1. The van der Waals surface area contributed by atoms with Crippen molar-refractivity contribution in [1.29, 1.82) is 0 Å². The zero-order valence-electron chi connectivity index (χ0n) is 6.97. The van der Waals surface area contributed by atoms with Crippen molar-refractivity contribution in [2.24, 2.45) is 5.73 Å². The summed E-state index contributed by atoms with van der Waals surface area (Å²) in [5.74, 6) is 0. The number of nitrogens with two attached hydrogens (primary N) is 1. The van der Waals surface area contributed by atoms with E-state index in [1.807, 2.05) is 0 Å². The summed E-state index contributed by atoms with van der Waals surface area (Å²) in [6, 6.07) is 0. The lowest BCUT2D eigenvalue weighted by molar-refractivity contribution is 0.804. The highest BCUT2D eigenvalue weighted by molar-refractivity contribution is 4.81. The molecule has 0 fully saturated rings. The van der Waals surface area contributed by atoms with Gasteiger partial charge in [0.15, 0.2) is 0 Å². The van der Waals surface area contributed by atoms with Crippen molar-refractivity contribution in [1.82, 2.24) is 0 Å². The van der Waals surface area contributed by atoms with E-state index in [-0.39, 0.29) is 0 Å². The van der Waals surface area contributed by atoms with Crippen molar-refractivity contribution in [3.63, 3.8) is 0 Å². The van der Waals surface area contributed by atoms with Gasteiger partial charge in [0.1, 0.15) is 0 Å². The van der Waals surface area contributed by atoms with Gasteiger partial charge in [0.2, 0.25) is 0 Å². The van der Waals surface area contributed by atoms with Crippen molar-refractivity contribution in [2.45, 2.75) is 39.0 Å². The van der Waals surface area contributed by atoms with Crippen LogP contribution in [0.5, 0.6) is 0 Å². The molecular formula is C9H19N. The largest absolute Gasteiger partial charge is 0.330 e. The Morgan fingerprint density at radius 2 is 1.70 bits per heavy atom. The fourth-order valence-electron chi connectivity index (χ4n) is 0.793. The molecule has 10 heavy (non-hydrogen) atoms. The van der Waals surface area contributed by atoms with Gasteiger partial charge in [-0.2, -0.15) is 0 Å². The predicted molar refractivity (Wildman–Crippen MR) is 47.0 cm³/mol. The minimum Gasteiger partial charge on any atom is -0.330 e. The summed E-state index contributed by atoms with van der Waals surface area (Å²) in [7, 11) is 0. The average molecular weight is 141 g/mol. The Morgan fingerprint density at radius 3 is 2.20 bits per heavy atom. The summed E-state index contributed by atoms with van der Waals surface area (Å²) in [6.45, 7) is 3.03. The zero-order valence-corrected chi connectivity index (χ0v) is 6.97. The quantitative estimate of drug-likeness (QED) is 0.446. The van der Waals surface area contributed by atoms with Crippen LogP contribution in [0.25, 0.3) is 0 Å². The first-order chi connectivity index (χ1) is 4.91. The molecule has 0 aromatic carbocycles. The van der Waals surface area contributed by atoms with Crippen LogP contribution in [0.4, 0.5) is 0 Å². The third kappa shape index (κ3) is 7.70. The highest BCUT2D eigenvalue weighted by Gasteiger charge is 1.78. The number of rotatable bonds is 6. The standard InChI is InChI=1S/C9H19N/c1-2-3-4-5-6-7-8-9-10/h5-6H,2-4,7-10H2,1H3/b6-5-. The van der Waals surface area contributed by atoms with Gasteiger partial charge in [0.25, 0.3) is 0 Å². The van der Waals surface area contributed by atoms with Crippen LogP contribution >= 0.6 is 0 Å². The molecule has 0 unspecified atom stereocenters. The van der Waals surface area contributed by atoms with Crippen LogP contribution in [0.3, 0.4) is 0 Å². The first-order valence-corrected chi connectivity index (χ1v) is 4.27. The van der Waals surface area contributed by atoms with E-state index in [1.165, 1.54) is 19.3 Å². The molecule has 2 N–H and O–H groups in total. The second-order valence-electron chi connectivity index (χ2n) is 2.54. The monoisotopic (exact) mass is 141 g/mol. The van der Waals surface area contributed by atoms with E-state index in [1.54, 1.807) is 0 Å². The highest BCUT2D eigenvalue weighted by Crippen LogP contribution is 1.96. The van der Waals surface area contributed by atoms with Gasteiger partial charge in [0.05, 0.1) is 0 Å². The van der Waals surface area contributed by atoms with Crippen LogP contribution in [-0.4, -0.2) is 6.54 Å². The first kappa shape index (κ1) is 9.70. The maximum absolute atomic E-state index is 5.34. The maximum atomic E-state index is 5.34. The Labute approximate surface area is 64.3 Å². The van der Waals surface area contributed by atoms with Crippen LogP contribution in [0.1, 0.15) is 39.0 Å². The molecule has 0 rings (SSSR count). The Hall–Kier alpha value is -0.300. The highest BCUT2D eigenvalue weighted by atomic mass is 14.5. The van der Waals surface area contributed by atoms with Gasteiger partial charge in [-0.05, 0) is 25.8 Å². The molecular weight excluding hydrogens is 122 g/mol. The minimum atomic E-state index is 0.818. The third-order valence-corrected chi connectivity index (χ3v) is 1.47. The first-order valence-electron chi connectivity index (χ1n) is 4.27. The van der Waals surface area contributed by atoms with Crippen LogP contribution in [0, 0.1) is 0 Å². The third-order valence-electron chi connectivity index (χ3n) is 1.47. The van der Waals surface area contributed by atoms with E-state index >= 15 is 0 Å². The van der Waals surface area contributed by atoms with E-state index in [9.17, 15) is 0 Å². The Kier molecular flexibility index (Phi) is 8.44. The second-order valence-corrected chi connectivity index (χ2v) is 2.54. The molecule has 0 spiro atoms. The summed E-state index contributed by atoms with van der Waals surface area (Å²) in [4.78, 5) is 0. The van der Waals surface area contributed by atoms with E-state index < -0.39 is 0 Å². The molecule has 0 aliphatic rings. The van der Waals surface area contributed by atoms with Crippen molar-refractivity contribution in [3.05, 3.63) is 12.2 Å². The maximum Gasteiger partial charge on any atom is -0.00743 e. The summed E-state index contributed by atoms with van der Waals surface area (Å²) in [6.07, 6.45) is 10.6. The number of unbranched alkanes of at least 4 members (excludes halogenated alkanes) is 3. The normalized spacial score (nSPS) is 11.0. The van der Waals surface area contributed by atoms with Crippen molar-refractivity contribution >= 4 is 0 Å². The molecule has 0 aromatic heterocycles. The Morgan fingerprint density at radius 1 is 1.10 bits per heavy atom. The van der Waals surface area contributed by atoms with Gasteiger partial charge < -0.3 is 5.73 Å². The molecule has 0 bridgehead atoms. The predicted octanol–water partition coefficient (Wildman–Crippen LogP) is 2.47. The fraction of sp³-hybridized carbons (Fsp3) is 0.778. The summed E-state index contributed by atoms with van der Waals surface area (Å²) < 4.78 is 0. The lowest BCUT2D eigenvalue weighted by Gasteiger charge is -1.89. The molecule has 0 saturated carbocycles. The second kappa shape index (κ2) is 8.70. The molecule has 0 radical (unpaired) electrons. The van der Waals surface area contributed by atoms with Gasteiger partial charge in [-0.3, -0.25) is 0 Å². The minimum absolute atomic E-state index is 0.818. The number of allylic oxidation sites excluding steroid dienone is 2. The molecule has 0 aliphatic heterocycles. The molecule has 0 amide bonds. The molecule has 60 valence electrons. The van der Waals surface area contributed by atoms with Crippen LogP contribution < -0.4 is 5.73 Å². The van der Waals surface area contributed by atoms with E-state index in [2.05, 4.69) is 19.1 Å². The molecule has 0 aromatic rings. The Bertz CT molecular complexity index is 66.8. The summed E-state index contributed by atoms with van der Waals surface area (Å²) >= 11 is 0. The van der Waals surface area contributed by atoms with Crippen molar-refractivity contribution in [3.8, 4) is 0 Å².